The van der Waals surface area contributed by atoms with E-state index in [0.717, 1.165) is 4.05 Å². The third-order valence-corrected chi connectivity index (χ3v) is 1.02. The van der Waals surface area contributed by atoms with Crippen molar-refractivity contribution in [2.45, 2.75) is 17.9 Å². The standard InChI is InChI=1S/C6H4ClF.C3H7.ClH.Mg/c7-5-2-1-3-6(8)4-5;1-3-2;;/h1-4H;3H,1-2H3;1H;/q;;;+1/p-1. The van der Waals surface area contributed by atoms with Crippen LogP contribution in [0.1, 0.15) is 13.8 Å². The molecule has 1 aromatic rings. The summed E-state index contributed by atoms with van der Waals surface area (Å²) < 4.78 is 12.9. The Balaban J connectivity index is 0. The van der Waals surface area contributed by atoms with E-state index in [-0.39, 0.29) is 18.2 Å². The summed E-state index contributed by atoms with van der Waals surface area (Å²) in [5, 5.41) is 0.435. The molecule has 0 unspecified atom stereocenters. The van der Waals surface area contributed by atoms with Crippen molar-refractivity contribution in [1.82, 2.24) is 0 Å². The molecule has 0 aliphatic rings. The summed E-state index contributed by atoms with van der Waals surface area (Å²) in [4.78, 5) is 0. The van der Waals surface area contributed by atoms with Gasteiger partial charge in [-0.2, -0.15) is 0 Å². The van der Waals surface area contributed by atoms with E-state index in [4.69, 9.17) is 11.6 Å². The molecule has 0 N–H and O–H groups in total. The quantitative estimate of drug-likeness (QED) is 0.571. The van der Waals surface area contributed by atoms with E-state index in [2.05, 4.69) is 13.8 Å². The third kappa shape index (κ3) is 12.5. The minimum absolute atomic E-state index is 0. The van der Waals surface area contributed by atoms with Crippen molar-refractivity contribution >= 4 is 33.3 Å². The molecule has 70 valence electrons. The molecule has 4 heteroatoms. The van der Waals surface area contributed by atoms with Crippen LogP contribution in [0, 0.1) is 5.82 Å². The van der Waals surface area contributed by atoms with Gasteiger partial charge in [-0.3, -0.25) is 0 Å². The average Bonchev–Trinajstić information content (AvgIpc) is 1.84. The molecule has 1 rings (SSSR count). The molecule has 0 spiro atoms. The van der Waals surface area contributed by atoms with Crippen molar-refractivity contribution in [1.29, 1.82) is 0 Å². The Bertz CT molecular complexity index is 209. The van der Waals surface area contributed by atoms with Crippen LogP contribution >= 0.6 is 11.6 Å². The molecule has 13 heavy (non-hydrogen) atoms. The van der Waals surface area contributed by atoms with Crippen LogP contribution in [0.25, 0.3) is 0 Å². The fourth-order valence-electron chi connectivity index (χ4n) is 0.460. The van der Waals surface area contributed by atoms with E-state index >= 15 is 0 Å². The molecule has 0 saturated heterocycles. The minimum Gasteiger partial charge on any atom is -1.00 e. The molecule has 0 heterocycles. The third-order valence-electron chi connectivity index (χ3n) is 0.787. The van der Waals surface area contributed by atoms with Crippen LogP contribution in [-0.4, -0.2) is 21.7 Å². The molecule has 0 fully saturated rings. The van der Waals surface area contributed by atoms with Gasteiger partial charge in [0.15, 0.2) is 0 Å². The second-order valence-corrected chi connectivity index (χ2v) is 4.90. The Hall–Kier alpha value is 0.496. The number of hydrogen-bond acceptors (Lipinski definition) is 0. The Morgan fingerprint density at radius 2 is 1.85 bits per heavy atom. The second kappa shape index (κ2) is 9.07. The molecular formula is C9H11Cl2FMg. The average molecular weight is 233 g/mol. The van der Waals surface area contributed by atoms with E-state index in [9.17, 15) is 4.39 Å². The SMILES string of the molecule is C[CH](C)[Mg+].Fc1cccc(Cl)c1.[Cl-]. The zero-order chi connectivity index (χ0) is 9.56. The predicted octanol–water partition coefficient (Wildman–Crippen LogP) is 0.466. The van der Waals surface area contributed by atoms with Crippen LogP contribution in [0.4, 0.5) is 4.39 Å². The minimum atomic E-state index is -0.294. The number of halogens is 3. The summed E-state index contributed by atoms with van der Waals surface area (Å²) in [5.74, 6) is -0.294. The second-order valence-electron chi connectivity index (χ2n) is 2.83. The zero-order valence-electron chi connectivity index (χ0n) is 7.73. The van der Waals surface area contributed by atoms with E-state index in [1.54, 1.807) is 12.1 Å². The van der Waals surface area contributed by atoms with Gasteiger partial charge in [-0.25, -0.2) is 4.39 Å². The molecular weight excluding hydrogens is 222 g/mol. The van der Waals surface area contributed by atoms with Gasteiger partial charge in [0.05, 0.1) is 0 Å². The maximum absolute atomic E-state index is 12.1. The summed E-state index contributed by atoms with van der Waals surface area (Å²) >= 11 is 7.41. The Kier molecular flexibility index (Phi) is 11.1. The van der Waals surface area contributed by atoms with Crippen LogP contribution in [0.15, 0.2) is 24.3 Å². The molecule has 0 bridgehead atoms. The van der Waals surface area contributed by atoms with Crippen molar-refractivity contribution in [3.63, 3.8) is 0 Å². The monoisotopic (exact) mass is 232 g/mol. The van der Waals surface area contributed by atoms with Crippen molar-refractivity contribution in [3.05, 3.63) is 35.1 Å². The normalized spacial score (nSPS) is 8.54. The molecule has 0 aliphatic heterocycles. The van der Waals surface area contributed by atoms with Gasteiger partial charge >= 0.3 is 39.6 Å². The Morgan fingerprint density at radius 1 is 1.38 bits per heavy atom. The smallest absolute Gasteiger partial charge is 0.124 e. The van der Waals surface area contributed by atoms with Gasteiger partial charge in [-0.05, 0) is 18.2 Å². The summed E-state index contributed by atoms with van der Waals surface area (Å²) in [5.41, 5.74) is 0. The van der Waals surface area contributed by atoms with E-state index in [1.807, 2.05) is 21.7 Å². The molecule has 0 saturated carbocycles. The van der Waals surface area contributed by atoms with Gasteiger partial charge in [0.1, 0.15) is 5.82 Å². The summed E-state index contributed by atoms with van der Waals surface area (Å²) in [6, 6.07) is 5.82. The van der Waals surface area contributed by atoms with Crippen molar-refractivity contribution < 1.29 is 16.8 Å². The molecule has 1 aromatic carbocycles. The van der Waals surface area contributed by atoms with Crippen LogP contribution in [0.5, 0.6) is 0 Å². The van der Waals surface area contributed by atoms with Crippen LogP contribution in [-0.2, 0) is 0 Å². The Morgan fingerprint density at radius 3 is 2.08 bits per heavy atom. The molecule has 0 radical (unpaired) electrons. The number of rotatable bonds is 0. The summed E-state index contributed by atoms with van der Waals surface area (Å²) in [6.45, 7) is 4.36. The Labute approximate surface area is 103 Å². The van der Waals surface area contributed by atoms with Gasteiger partial charge < -0.3 is 12.4 Å². The zero-order valence-corrected chi connectivity index (χ0v) is 10.7. The van der Waals surface area contributed by atoms with E-state index in [1.165, 1.54) is 12.1 Å². The van der Waals surface area contributed by atoms with Gasteiger partial charge in [-0.1, -0.05) is 17.7 Å². The van der Waals surface area contributed by atoms with Gasteiger partial charge in [0, 0.05) is 5.02 Å². The van der Waals surface area contributed by atoms with Crippen molar-refractivity contribution in [2.75, 3.05) is 0 Å². The van der Waals surface area contributed by atoms with Crippen molar-refractivity contribution in [3.8, 4) is 0 Å². The maximum Gasteiger partial charge on any atom is 0.124 e. The first kappa shape index (κ1) is 15.9. The first-order valence-electron chi connectivity index (χ1n) is 3.76. The van der Waals surface area contributed by atoms with Crippen LogP contribution < -0.4 is 12.4 Å². The van der Waals surface area contributed by atoms with Crippen molar-refractivity contribution in [2.24, 2.45) is 0 Å². The predicted molar refractivity (Wildman–Crippen MR) is 52.3 cm³/mol. The molecule has 0 aromatic heterocycles. The van der Waals surface area contributed by atoms with E-state index in [0.29, 0.717) is 5.02 Å². The molecule has 0 amide bonds. The van der Waals surface area contributed by atoms with Crippen LogP contribution in [0.3, 0.4) is 0 Å². The van der Waals surface area contributed by atoms with Gasteiger partial charge in [-0.15, -0.1) is 0 Å². The fraction of sp³-hybridized carbons (Fsp3) is 0.333. The molecule has 0 atom stereocenters. The first-order valence-corrected chi connectivity index (χ1v) is 4.96. The van der Waals surface area contributed by atoms with E-state index < -0.39 is 0 Å². The van der Waals surface area contributed by atoms with Gasteiger partial charge in [0.2, 0.25) is 0 Å². The fourth-order valence-corrected chi connectivity index (χ4v) is 0.637. The summed E-state index contributed by atoms with van der Waals surface area (Å²) in [6.07, 6.45) is 0. The maximum atomic E-state index is 12.1. The first-order chi connectivity index (χ1) is 5.52. The number of hydrogen-bond donors (Lipinski definition) is 0. The molecule has 0 nitrogen and oxygen atoms in total. The largest absolute Gasteiger partial charge is 1.00 e. The van der Waals surface area contributed by atoms with Crippen LogP contribution in [0.2, 0.25) is 9.07 Å². The topological polar surface area (TPSA) is 0 Å². The van der Waals surface area contributed by atoms with Gasteiger partial charge in [0.25, 0.3) is 0 Å². The number of benzene rings is 1. The summed E-state index contributed by atoms with van der Waals surface area (Å²) in [7, 11) is 0. The molecule has 0 aliphatic carbocycles.